The quantitative estimate of drug-likeness (QED) is 0.927. The molecule has 2 aromatic rings. The van der Waals surface area contributed by atoms with Crippen LogP contribution in [0.15, 0.2) is 30.3 Å². The molecule has 0 aliphatic heterocycles. The largest absolute Gasteiger partial charge is 0.356 e. The first-order chi connectivity index (χ1) is 10.3. The maximum absolute atomic E-state index is 4.95. The molecule has 0 saturated heterocycles. The molecular formula is C18H25N3. The zero-order valence-corrected chi connectivity index (χ0v) is 13.1. The molecule has 0 unspecified atom stereocenters. The molecule has 3 nitrogen and oxygen atoms in total. The summed E-state index contributed by atoms with van der Waals surface area (Å²) in [7, 11) is 4.21. The molecular weight excluding hydrogens is 258 g/mol. The van der Waals surface area contributed by atoms with Crippen LogP contribution in [-0.4, -0.2) is 25.1 Å². The summed E-state index contributed by atoms with van der Waals surface area (Å²) in [6.45, 7) is 0.865. The first-order valence-electron chi connectivity index (χ1n) is 8.05. The Morgan fingerprint density at radius 2 is 1.95 bits per heavy atom. The van der Waals surface area contributed by atoms with Gasteiger partial charge in [0.25, 0.3) is 0 Å². The van der Waals surface area contributed by atoms with E-state index in [4.69, 9.17) is 4.98 Å². The number of benzene rings is 1. The number of pyridine rings is 1. The monoisotopic (exact) mass is 283 g/mol. The lowest BCUT2D eigenvalue weighted by atomic mass is 9.94. The fraction of sp³-hybridized carbons (Fsp3) is 0.500. The van der Waals surface area contributed by atoms with Gasteiger partial charge in [0.2, 0.25) is 0 Å². The summed E-state index contributed by atoms with van der Waals surface area (Å²) in [5, 5.41) is 4.51. The minimum absolute atomic E-state index is 0.642. The van der Waals surface area contributed by atoms with Crippen LogP contribution in [0.3, 0.4) is 0 Å². The van der Waals surface area contributed by atoms with E-state index in [9.17, 15) is 0 Å². The number of nitrogens with one attached hydrogen (secondary N) is 1. The van der Waals surface area contributed by atoms with Gasteiger partial charge in [0.05, 0.1) is 5.52 Å². The average Bonchev–Trinajstić information content (AvgIpc) is 2.55. The Hall–Kier alpha value is -1.61. The smallest absolute Gasteiger partial charge is 0.133 e. The summed E-state index contributed by atoms with van der Waals surface area (Å²) in [5.41, 5.74) is 2.39. The number of nitrogens with zero attached hydrogens (tertiary/aromatic N) is 2. The van der Waals surface area contributed by atoms with Gasteiger partial charge in [-0.05, 0) is 32.0 Å². The Bertz CT molecular complexity index is 602. The maximum atomic E-state index is 4.95. The van der Waals surface area contributed by atoms with Crippen molar-refractivity contribution in [3.05, 3.63) is 35.9 Å². The van der Waals surface area contributed by atoms with Crippen molar-refractivity contribution in [2.24, 2.45) is 0 Å². The normalized spacial score (nSPS) is 16.3. The van der Waals surface area contributed by atoms with Crippen molar-refractivity contribution >= 4 is 16.7 Å². The summed E-state index contributed by atoms with van der Waals surface area (Å²) in [6.07, 6.45) is 6.68. The first kappa shape index (κ1) is 14.3. The van der Waals surface area contributed by atoms with E-state index < -0.39 is 0 Å². The molecule has 112 valence electrons. The Morgan fingerprint density at radius 3 is 2.71 bits per heavy atom. The first-order valence-corrected chi connectivity index (χ1v) is 8.05. The Morgan fingerprint density at radius 1 is 1.19 bits per heavy atom. The predicted octanol–water partition coefficient (Wildman–Crippen LogP) is 3.72. The second kappa shape index (κ2) is 6.44. The average molecular weight is 283 g/mol. The van der Waals surface area contributed by atoms with Crippen LogP contribution in [0.1, 0.15) is 37.7 Å². The van der Waals surface area contributed by atoms with Crippen molar-refractivity contribution in [2.75, 3.05) is 19.0 Å². The zero-order valence-electron chi connectivity index (χ0n) is 13.1. The van der Waals surface area contributed by atoms with E-state index in [1.165, 1.54) is 43.1 Å². The Balaban J connectivity index is 1.99. The van der Waals surface area contributed by atoms with E-state index in [2.05, 4.69) is 47.6 Å². The Labute approximate surface area is 127 Å². The van der Waals surface area contributed by atoms with E-state index >= 15 is 0 Å². The van der Waals surface area contributed by atoms with Crippen LogP contribution in [0.25, 0.3) is 10.9 Å². The van der Waals surface area contributed by atoms with Crippen molar-refractivity contribution < 1.29 is 0 Å². The molecule has 1 aliphatic carbocycles. The molecule has 1 fully saturated rings. The molecule has 0 amide bonds. The van der Waals surface area contributed by atoms with Gasteiger partial charge in [-0.1, -0.05) is 37.5 Å². The minimum Gasteiger partial charge on any atom is -0.356 e. The standard InChI is InChI=1S/C18H25N3/c1-19-13-15-12-14-8-6-7-11-17(14)20-18(15)21(2)16-9-4-3-5-10-16/h6-8,11-12,16,19H,3-5,9-10,13H2,1-2H3. The molecule has 0 atom stereocenters. The second-order valence-electron chi connectivity index (χ2n) is 6.10. The van der Waals surface area contributed by atoms with Gasteiger partial charge in [-0.15, -0.1) is 0 Å². The third kappa shape index (κ3) is 3.03. The van der Waals surface area contributed by atoms with Crippen LogP contribution in [0, 0.1) is 0 Å². The number of hydrogen-bond acceptors (Lipinski definition) is 3. The summed E-state index contributed by atoms with van der Waals surface area (Å²) >= 11 is 0. The number of rotatable bonds is 4. The van der Waals surface area contributed by atoms with E-state index in [1.54, 1.807) is 0 Å². The summed E-state index contributed by atoms with van der Waals surface area (Å²) in [5.74, 6) is 1.15. The molecule has 3 rings (SSSR count). The fourth-order valence-electron chi connectivity index (χ4n) is 3.42. The van der Waals surface area contributed by atoms with Gasteiger partial charge < -0.3 is 10.2 Å². The van der Waals surface area contributed by atoms with Crippen molar-refractivity contribution in [1.29, 1.82) is 0 Å². The predicted molar refractivity (Wildman–Crippen MR) is 89.8 cm³/mol. The molecule has 1 heterocycles. The van der Waals surface area contributed by atoms with Gasteiger partial charge in [0.1, 0.15) is 5.82 Å². The number of hydrogen-bond donors (Lipinski definition) is 1. The maximum Gasteiger partial charge on any atom is 0.133 e. The van der Waals surface area contributed by atoms with Gasteiger partial charge in [0, 0.05) is 30.6 Å². The lowest BCUT2D eigenvalue weighted by Crippen LogP contribution is -2.35. The molecule has 1 aliphatic rings. The van der Waals surface area contributed by atoms with Crippen molar-refractivity contribution in [2.45, 2.75) is 44.7 Å². The topological polar surface area (TPSA) is 28.2 Å². The molecule has 1 saturated carbocycles. The van der Waals surface area contributed by atoms with Gasteiger partial charge in [0.15, 0.2) is 0 Å². The van der Waals surface area contributed by atoms with Gasteiger partial charge in [-0.3, -0.25) is 0 Å². The second-order valence-corrected chi connectivity index (χ2v) is 6.10. The van der Waals surface area contributed by atoms with Crippen molar-refractivity contribution in [3.8, 4) is 0 Å². The van der Waals surface area contributed by atoms with Gasteiger partial charge in [-0.2, -0.15) is 0 Å². The molecule has 1 N–H and O–H groups in total. The summed E-state index contributed by atoms with van der Waals surface area (Å²) in [6, 6.07) is 11.3. The summed E-state index contributed by atoms with van der Waals surface area (Å²) in [4.78, 5) is 7.37. The zero-order chi connectivity index (χ0) is 14.7. The SMILES string of the molecule is CNCc1cc2ccccc2nc1N(C)C1CCCCC1. The highest BCUT2D eigenvalue weighted by Gasteiger charge is 2.21. The lowest BCUT2D eigenvalue weighted by Gasteiger charge is -2.33. The van der Waals surface area contributed by atoms with Gasteiger partial charge >= 0.3 is 0 Å². The third-order valence-electron chi connectivity index (χ3n) is 4.60. The molecule has 3 heteroatoms. The number of aromatic nitrogens is 1. The molecule has 0 radical (unpaired) electrons. The molecule has 21 heavy (non-hydrogen) atoms. The molecule has 0 bridgehead atoms. The van der Waals surface area contributed by atoms with Crippen LogP contribution < -0.4 is 10.2 Å². The van der Waals surface area contributed by atoms with Crippen molar-refractivity contribution in [3.63, 3.8) is 0 Å². The summed E-state index contributed by atoms with van der Waals surface area (Å²) < 4.78 is 0. The number of fused-ring (bicyclic) bond motifs is 1. The van der Waals surface area contributed by atoms with Crippen LogP contribution >= 0.6 is 0 Å². The number of anilines is 1. The van der Waals surface area contributed by atoms with Crippen LogP contribution in [0.2, 0.25) is 0 Å². The molecule has 1 aromatic carbocycles. The third-order valence-corrected chi connectivity index (χ3v) is 4.60. The fourth-order valence-corrected chi connectivity index (χ4v) is 3.42. The van der Waals surface area contributed by atoms with Gasteiger partial charge in [-0.25, -0.2) is 4.98 Å². The highest BCUT2D eigenvalue weighted by atomic mass is 15.2. The molecule has 1 aromatic heterocycles. The molecule has 0 spiro atoms. The highest BCUT2D eigenvalue weighted by molar-refractivity contribution is 5.81. The van der Waals surface area contributed by atoms with Crippen molar-refractivity contribution in [1.82, 2.24) is 10.3 Å². The van der Waals surface area contributed by atoms with E-state index in [0.717, 1.165) is 17.9 Å². The highest BCUT2D eigenvalue weighted by Crippen LogP contribution is 2.29. The van der Waals surface area contributed by atoms with E-state index in [0.29, 0.717) is 6.04 Å². The number of para-hydroxylation sites is 1. The Kier molecular flexibility index (Phi) is 4.39. The van der Waals surface area contributed by atoms with Crippen LogP contribution in [0.5, 0.6) is 0 Å². The minimum atomic E-state index is 0.642. The van der Waals surface area contributed by atoms with E-state index in [1.807, 2.05) is 7.05 Å². The van der Waals surface area contributed by atoms with Crippen LogP contribution in [0.4, 0.5) is 5.82 Å². The van der Waals surface area contributed by atoms with Crippen LogP contribution in [-0.2, 0) is 6.54 Å². The lowest BCUT2D eigenvalue weighted by molar-refractivity contribution is 0.425. The van der Waals surface area contributed by atoms with E-state index in [-0.39, 0.29) is 0 Å².